The summed E-state index contributed by atoms with van der Waals surface area (Å²) in [7, 11) is 0. The summed E-state index contributed by atoms with van der Waals surface area (Å²) in [6.07, 6.45) is 5.56. The summed E-state index contributed by atoms with van der Waals surface area (Å²) in [6, 6.07) is 8.31. The Hall–Kier alpha value is -3.26. The predicted octanol–water partition coefficient (Wildman–Crippen LogP) is 3.02. The molecular formula is C19H20N8. The fourth-order valence-corrected chi connectivity index (χ4v) is 3.23. The molecule has 8 nitrogen and oxygen atoms in total. The van der Waals surface area contributed by atoms with Gasteiger partial charge in [0.05, 0.1) is 42.6 Å². The minimum absolute atomic E-state index is 0.303. The molecule has 136 valence electrons. The average Bonchev–Trinajstić information content (AvgIpc) is 3.07. The number of nitrogens with one attached hydrogen (secondary N) is 2. The van der Waals surface area contributed by atoms with Crippen molar-refractivity contribution in [1.82, 2.24) is 29.8 Å². The summed E-state index contributed by atoms with van der Waals surface area (Å²) in [5.41, 5.74) is 3.95. The third-order valence-corrected chi connectivity index (χ3v) is 4.80. The Kier molecular flexibility index (Phi) is 3.64. The first kappa shape index (κ1) is 16.0. The second-order valence-corrected chi connectivity index (χ2v) is 6.94. The highest BCUT2D eigenvalue weighted by molar-refractivity contribution is 6.02. The van der Waals surface area contributed by atoms with E-state index in [1.54, 1.807) is 0 Å². The molecule has 0 aliphatic carbocycles. The van der Waals surface area contributed by atoms with Gasteiger partial charge in [0.1, 0.15) is 11.3 Å². The molecule has 0 amide bonds. The molecule has 4 heterocycles. The Morgan fingerprint density at radius 3 is 2.63 bits per heavy atom. The molecule has 8 heteroatoms. The standard InChI is InChI=1S/C19H20N8/c1-12(2)27-11-23-15-5-3-13-7-22-19(25-17(13)18(15)27)24-16-6-4-14(8-21-16)26-9-20-10-26/h3-8,11-12,20H,9-10H2,1-2H3,(H,21,22,24,25). The van der Waals surface area contributed by atoms with Gasteiger partial charge < -0.3 is 14.8 Å². The van der Waals surface area contributed by atoms with Crippen molar-refractivity contribution >= 4 is 39.4 Å². The van der Waals surface area contributed by atoms with Gasteiger partial charge in [-0.3, -0.25) is 5.32 Å². The maximum atomic E-state index is 4.76. The molecule has 4 aromatic rings. The third kappa shape index (κ3) is 2.74. The van der Waals surface area contributed by atoms with Crippen LogP contribution in [0.2, 0.25) is 0 Å². The first-order chi connectivity index (χ1) is 13.2. The van der Waals surface area contributed by atoms with Crippen LogP contribution in [0, 0.1) is 0 Å². The van der Waals surface area contributed by atoms with E-state index in [4.69, 9.17) is 4.98 Å². The van der Waals surface area contributed by atoms with Crippen LogP contribution < -0.4 is 15.5 Å². The topological polar surface area (TPSA) is 83.8 Å². The molecule has 1 fully saturated rings. The lowest BCUT2D eigenvalue weighted by molar-refractivity contribution is 0.523. The normalized spacial score (nSPS) is 14.1. The lowest BCUT2D eigenvalue weighted by Gasteiger charge is -2.33. The van der Waals surface area contributed by atoms with Gasteiger partial charge in [0.15, 0.2) is 0 Å². The lowest BCUT2D eigenvalue weighted by atomic mass is 10.2. The first-order valence-corrected chi connectivity index (χ1v) is 9.00. The van der Waals surface area contributed by atoms with Crippen molar-refractivity contribution in [2.45, 2.75) is 19.9 Å². The second kappa shape index (κ2) is 6.17. The number of aromatic nitrogens is 5. The first-order valence-electron chi connectivity index (χ1n) is 9.00. The highest BCUT2D eigenvalue weighted by Crippen LogP contribution is 2.26. The summed E-state index contributed by atoms with van der Waals surface area (Å²) in [5, 5.41) is 7.41. The minimum Gasteiger partial charge on any atom is -0.345 e. The van der Waals surface area contributed by atoms with Crippen molar-refractivity contribution in [2.75, 3.05) is 23.6 Å². The Labute approximate surface area is 156 Å². The minimum atomic E-state index is 0.303. The summed E-state index contributed by atoms with van der Waals surface area (Å²) < 4.78 is 2.14. The van der Waals surface area contributed by atoms with Crippen molar-refractivity contribution in [3.05, 3.63) is 43.0 Å². The molecule has 0 atom stereocenters. The molecule has 1 saturated heterocycles. The van der Waals surface area contributed by atoms with E-state index in [0.717, 1.165) is 46.8 Å². The van der Waals surface area contributed by atoms with Crippen LogP contribution in [0.1, 0.15) is 19.9 Å². The number of nitrogens with zero attached hydrogens (tertiary/aromatic N) is 6. The van der Waals surface area contributed by atoms with E-state index in [0.29, 0.717) is 12.0 Å². The van der Waals surface area contributed by atoms with Gasteiger partial charge >= 0.3 is 0 Å². The van der Waals surface area contributed by atoms with E-state index >= 15 is 0 Å². The van der Waals surface area contributed by atoms with Crippen LogP contribution in [-0.2, 0) is 0 Å². The monoisotopic (exact) mass is 360 g/mol. The van der Waals surface area contributed by atoms with E-state index < -0.39 is 0 Å². The van der Waals surface area contributed by atoms with E-state index in [9.17, 15) is 0 Å². The highest BCUT2D eigenvalue weighted by atomic mass is 15.4. The summed E-state index contributed by atoms with van der Waals surface area (Å²) in [4.78, 5) is 20.4. The van der Waals surface area contributed by atoms with Crippen molar-refractivity contribution in [3.8, 4) is 0 Å². The Morgan fingerprint density at radius 2 is 1.93 bits per heavy atom. The van der Waals surface area contributed by atoms with Crippen LogP contribution in [0.3, 0.4) is 0 Å². The van der Waals surface area contributed by atoms with Gasteiger partial charge in [-0.05, 0) is 38.1 Å². The lowest BCUT2D eigenvalue weighted by Crippen LogP contribution is -2.52. The number of fused-ring (bicyclic) bond motifs is 3. The second-order valence-electron chi connectivity index (χ2n) is 6.94. The Balaban J connectivity index is 1.51. The Bertz CT molecular complexity index is 1110. The Morgan fingerprint density at radius 1 is 1.04 bits per heavy atom. The molecule has 0 spiro atoms. The van der Waals surface area contributed by atoms with Gasteiger partial charge in [-0.1, -0.05) is 0 Å². The molecule has 1 aromatic carbocycles. The molecule has 27 heavy (non-hydrogen) atoms. The molecule has 0 radical (unpaired) electrons. The number of hydrogen-bond donors (Lipinski definition) is 2. The van der Waals surface area contributed by atoms with Crippen LogP contribution in [0.25, 0.3) is 21.9 Å². The van der Waals surface area contributed by atoms with Crippen LogP contribution in [-0.4, -0.2) is 37.8 Å². The smallest absolute Gasteiger partial charge is 0.228 e. The van der Waals surface area contributed by atoms with Crippen LogP contribution in [0.15, 0.2) is 43.0 Å². The summed E-state index contributed by atoms with van der Waals surface area (Å²) >= 11 is 0. The number of imidazole rings is 1. The van der Waals surface area contributed by atoms with Crippen LogP contribution in [0.4, 0.5) is 17.5 Å². The number of pyridine rings is 1. The predicted molar refractivity (Wildman–Crippen MR) is 106 cm³/mol. The molecule has 0 bridgehead atoms. The SMILES string of the molecule is CC(C)n1cnc2ccc3cnc(Nc4ccc(N5CNC5)cn4)nc3c21. The van der Waals surface area contributed by atoms with Crippen LogP contribution in [0.5, 0.6) is 0 Å². The van der Waals surface area contributed by atoms with Gasteiger partial charge in [-0.25, -0.2) is 19.9 Å². The molecule has 2 N–H and O–H groups in total. The van der Waals surface area contributed by atoms with E-state index in [1.165, 1.54) is 0 Å². The molecular weight excluding hydrogens is 340 g/mol. The zero-order valence-corrected chi connectivity index (χ0v) is 15.2. The number of rotatable bonds is 4. The fraction of sp³-hybridized carbons (Fsp3) is 0.263. The van der Waals surface area contributed by atoms with E-state index in [1.807, 2.05) is 43.0 Å². The summed E-state index contributed by atoms with van der Waals surface area (Å²) in [5.74, 6) is 1.24. The molecule has 1 aliphatic rings. The van der Waals surface area contributed by atoms with Crippen molar-refractivity contribution < 1.29 is 0 Å². The zero-order valence-electron chi connectivity index (χ0n) is 15.2. The van der Waals surface area contributed by atoms with Gasteiger partial charge in [0, 0.05) is 17.6 Å². The number of hydrogen-bond acceptors (Lipinski definition) is 7. The van der Waals surface area contributed by atoms with Gasteiger partial charge in [-0.2, -0.15) is 0 Å². The van der Waals surface area contributed by atoms with Gasteiger partial charge in [-0.15, -0.1) is 0 Å². The third-order valence-electron chi connectivity index (χ3n) is 4.80. The van der Waals surface area contributed by atoms with Gasteiger partial charge in [0.25, 0.3) is 0 Å². The van der Waals surface area contributed by atoms with Crippen LogP contribution >= 0.6 is 0 Å². The maximum absolute atomic E-state index is 4.76. The van der Waals surface area contributed by atoms with Gasteiger partial charge in [0.2, 0.25) is 5.95 Å². The average molecular weight is 360 g/mol. The summed E-state index contributed by atoms with van der Waals surface area (Å²) in [6.45, 7) is 6.00. The van der Waals surface area contributed by atoms with Crippen molar-refractivity contribution in [3.63, 3.8) is 0 Å². The van der Waals surface area contributed by atoms with Crippen molar-refractivity contribution in [2.24, 2.45) is 0 Å². The maximum Gasteiger partial charge on any atom is 0.228 e. The van der Waals surface area contributed by atoms with E-state index in [2.05, 4.69) is 48.9 Å². The molecule has 5 rings (SSSR count). The highest BCUT2D eigenvalue weighted by Gasteiger charge is 2.14. The number of benzene rings is 1. The molecule has 1 aliphatic heterocycles. The molecule has 0 saturated carbocycles. The van der Waals surface area contributed by atoms with E-state index in [-0.39, 0.29) is 0 Å². The molecule has 3 aromatic heterocycles. The molecule has 0 unspecified atom stereocenters. The number of anilines is 3. The zero-order chi connectivity index (χ0) is 18.4. The van der Waals surface area contributed by atoms with Crippen molar-refractivity contribution in [1.29, 1.82) is 0 Å². The fourth-order valence-electron chi connectivity index (χ4n) is 3.23. The largest absolute Gasteiger partial charge is 0.345 e. The quantitative estimate of drug-likeness (QED) is 0.579.